The first-order valence-electron chi connectivity index (χ1n) is 6.39. The molecule has 1 aliphatic rings. The molecule has 1 aromatic rings. The number of hydrogen-bond donors (Lipinski definition) is 2. The highest BCUT2D eigenvalue weighted by Gasteiger charge is 2.16. The van der Waals surface area contributed by atoms with Gasteiger partial charge in [0.15, 0.2) is 0 Å². The molecule has 1 aliphatic heterocycles. The van der Waals surface area contributed by atoms with Gasteiger partial charge in [-0.25, -0.2) is 9.97 Å². The Morgan fingerprint density at radius 2 is 2.44 bits per heavy atom. The smallest absolute Gasteiger partial charge is 0.133 e. The van der Waals surface area contributed by atoms with Crippen molar-refractivity contribution in [2.24, 2.45) is 0 Å². The third kappa shape index (κ3) is 3.54. The van der Waals surface area contributed by atoms with Crippen LogP contribution in [0.15, 0.2) is 12.4 Å². The summed E-state index contributed by atoms with van der Waals surface area (Å²) in [5.41, 5.74) is 0. The van der Waals surface area contributed by atoms with Crippen LogP contribution >= 0.6 is 0 Å². The van der Waals surface area contributed by atoms with E-state index < -0.39 is 0 Å². The van der Waals surface area contributed by atoms with Crippen LogP contribution in [-0.2, 0) is 4.74 Å². The van der Waals surface area contributed by atoms with Crippen LogP contribution in [0.5, 0.6) is 0 Å². The normalized spacial score (nSPS) is 19.6. The molecule has 2 N–H and O–H groups in total. The summed E-state index contributed by atoms with van der Waals surface area (Å²) < 4.78 is 5.68. The summed E-state index contributed by atoms with van der Waals surface area (Å²) in [6, 6.07) is 1.96. The molecule has 6 heteroatoms. The lowest BCUT2D eigenvalue weighted by Crippen LogP contribution is -2.44. The standard InChI is InChI=1S/C12H21N5O/c1-3-14-11-6-12(16-9-15-11)17(2)8-10-7-13-4-5-18-10/h6,9-10,13H,3-5,7-8H2,1-2H3,(H,14,15,16). The topological polar surface area (TPSA) is 62.3 Å². The number of ether oxygens (including phenoxy) is 1. The summed E-state index contributed by atoms with van der Waals surface area (Å²) in [5, 5.41) is 6.51. The average Bonchev–Trinajstić information content (AvgIpc) is 2.40. The van der Waals surface area contributed by atoms with E-state index in [1.54, 1.807) is 6.33 Å². The molecule has 0 aliphatic carbocycles. The quantitative estimate of drug-likeness (QED) is 0.786. The Morgan fingerprint density at radius 1 is 1.56 bits per heavy atom. The lowest BCUT2D eigenvalue weighted by atomic mass is 10.3. The fourth-order valence-electron chi connectivity index (χ4n) is 1.97. The third-order valence-corrected chi connectivity index (χ3v) is 2.88. The summed E-state index contributed by atoms with van der Waals surface area (Å²) in [5.74, 6) is 1.77. The minimum absolute atomic E-state index is 0.223. The summed E-state index contributed by atoms with van der Waals surface area (Å²) in [6.07, 6.45) is 1.81. The number of likely N-dealkylation sites (N-methyl/N-ethyl adjacent to an activating group) is 1. The van der Waals surface area contributed by atoms with Crippen molar-refractivity contribution in [3.63, 3.8) is 0 Å². The molecule has 1 atom stereocenters. The first kappa shape index (κ1) is 13.0. The number of nitrogens with one attached hydrogen (secondary N) is 2. The van der Waals surface area contributed by atoms with Gasteiger partial charge in [-0.05, 0) is 6.92 Å². The molecule has 2 rings (SSSR count). The maximum Gasteiger partial charge on any atom is 0.133 e. The van der Waals surface area contributed by atoms with Crippen molar-refractivity contribution in [3.05, 3.63) is 12.4 Å². The van der Waals surface area contributed by atoms with Crippen LogP contribution in [0.1, 0.15) is 6.92 Å². The molecular formula is C12H21N5O. The van der Waals surface area contributed by atoms with Crippen LogP contribution < -0.4 is 15.5 Å². The van der Waals surface area contributed by atoms with Crippen LogP contribution in [-0.4, -0.2) is 55.9 Å². The number of morpholine rings is 1. The van der Waals surface area contributed by atoms with Gasteiger partial charge in [0.25, 0.3) is 0 Å². The van der Waals surface area contributed by atoms with Gasteiger partial charge in [0, 0.05) is 39.3 Å². The van der Waals surface area contributed by atoms with Crippen molar-refractivity contribution in [3.8, 4) is 0 Å². The lowest BCUT2D eigenvalue weighted by molar-refractivity contribution is 0.0339. The first-order valence-corrected chi connectivity index (χ1v) is 6.39. The van der Waals surface area contributed by atoms with Gasteiger partial charge in [0.1, 0.15) is 18.0 Å². The van der Waals surface area contributed by atoms with Crippen molar-refractivity contribution in [2.75, 3.05) is 50.1 Å². The lowest BCUT2D eigenvalue weighted by Gasteiger charge is -2.28. The zero-order valence-electron chi connectivity index (χ0n) is 11.0. The van der Waals surface area contributed by atoms with Gasteiger partial charge in [-0.1, -0.05) is 0 Å². The van der Waals surface area contributed by atoms with Crippen LogP contribution in [0.4, 0.5) is 11.6 Å². The van der Waals surface area contributed by atoms with Gasteiger partial charge in [-0.3, -0.25) is 0 Å². The number of aromatic nitrogens is 2. The molecule has 0 saturated carbocycles. The maximum atomic E-state index is 5.68. The molecule has 1 unspecified atom stereocenters. The molecular weight excluding hydrogens is 230 g/mol. The Kier molecular flexibility index (Phi) is 4.72. The third-order valence-electron chi connectivity index (χ3n) is 2.88. The molecule has 1 aromatic heterocycles. The molecule has 6 nitrogen and oxygen atoms in total. The second-order valence-electron chi connectivity index (χ2n) is 4.37. The van der Waals surface area contributed by atoms with E-state index in [-0.39, 0.29) is 6.10 Å². The van der Waals surface area contributed by atoms with E-state index in [0.29, 0.717) is 0 Å². The molecule has 0 spiro atoms. The van der Waals surface area contributed by atoms with E-state index >= 15 is 0 Å². The Morgan fingerprint density at radius 3 is 3.17 bits per heavy atom. The molecule has 0 radical (unpaired) electrons. The Bertz CT molecular complexity index is 367. The van der Waals surface area contributed by atoms with Crippen LogP contribution in [0.3, 0.4) is 0 Å². The monoisotopic (exact) mass is 251 g/mol. The SMILES string of the molecule is CCNc1cc(N(C)CC2CNCCO2)ncn1. The van der Waals surface area contributed by atoms with Crippen molar-refractivity contribution in [2.45, 2.75) is 13.0 Å². The predicted molar refractivity (Wildman–Crippen MR) is 72.1 cm³/mol. The van der Waals surface area contributed by atoms with Crippen LogP contribution in [0.25, 0.3) is 0 Å². The van der Waals surface area contributed by atoms with Crippen molar-refractivity contribution in [1.29, 1.82) is 0 Å². The second-order valence-corrected chi connectivity index (χ2v) is 4.37. The highest BCUT2D eigenvalue weighted by atomic mass is 16.5. The number of hydrogen-bond acceptors (Lipinski definition) is 6. The van der Waals surface area contributed by atoms with E-state index in [0.717, 1.165) is 44.4 Å². The predicted octanol–water partition coefficient (Wildman–Crippen LogP) is 0.333. The highest BCUT2D eigenvalue weighted by Crippen LogP contribution is 2.13. The maximum absolute atomic E-state index is 5.68. The largest absolute Gasteiger partial charge is 0.374 e. The molecule has 0 aromatic carbocycles. The zero-order chi connectivity index (χ0) is 12.8. The summed E-state index contributed by atoms with van der Waals surface area (Å²) in [6.45, 7) is 6.36. The Hall–Kier alpha value is -1.40. The molecule has 1 fully saturated rings. The molecule has 1 saturated heterocycles. The Labute approximate surface area is 108 Å². The van der Waals surface area contributed by atoms with E-state index in [9.17, 15) is 0 Å². The number of nitrogens with zero attached hydrogens (tertiary/aromatic N) is 3. The van der Waals surface area contributed by atoms with Crippen LogP contribution in [0, 0.1) is 0 Å². The van der Waals surface area contributed by atoms with E-state index in [1.165, 1.54) is 0 Å². The average molecular weight is 251 g/mol. The fourth-order valence-corrected chi connectivity index (χ4v) is 1.97. The summed E-state index contributed by atoms with van der Waals surface area (Å²) in [7, 11) is 2.02. The molecule has 0 amide bonds. The van der Waals surface area contributed by atoms with Crippen LogP contribution in [0.2, 0.25) is 0 Å². The minimum Gasteiger partial charge on any atom is -0.374 e. The van der Waals surface area contributed by atoms with Crippen molar-refractivity contribution < 1.29 is 4.74 Å². The van der Waals surface area contributed by atoms with Gasteiger partial charge >= 0.3 is 0 Å². The van der Waals surface area contributed by atoms with E-state index in [4.69, 9.17) is 4.74 Å². The van der Waals surface area contributed by atoms with Gasteiger partial charge in [-0.15, -0.1) is 0 Å². The van der Waals surface area contributed by atoms with Crippen molar-refractivity contribution >= 4 is 11.6 Å². The van der Waals surface area contributed by atoms with Crippen molar-refractivity contribution in [1.82, 2.24) is 15.3 Å². The summed E-state index contributed by atoms with van der Waals surface area (Å²) >= 11 is 0. The highest BCUT2D eigenvalue weighted by molar-refractivity contribution is 5.47. The Balaban J connectivity index is 1.94. The first-order chi connectivity index (χ1) is 8.79. The number of rotatable bonds is 5. The molecule has 100 valence electrons. The zero-order valence-corrected chi connectivity index (χ0v) is 11.0. The molecule has 18 heavy (non-hydrogen) atoms. The van der Waals surface area contributed by atoms with E-state index in [2.05, 4.69) is 25.5 Å². The fraction of sp³-hybridized carbons (Fsp3) is 0.667. The molecule has 0 bridgehead atoms. The van der Waals surface area contributed by atoms with Gasteiger partial charge in [-0.2, -0.15) is 0 Å². The summed E-state index contributed by atoms with van der Waals surface area (Å²) in [4.78, 5) is 10.5. The minimum atomic E-state index is 0.223. The van der Waals surface area contributed by atoms with Gasteiger partial charge in [0.05, 0.1) is 12.7 Å². The molecule has 2 heterocycles. The van der Waals surface area contributed by atoms with E-state index in [1.807, 2.05) is 20.0 Å². The van der Waals surface area contributed by atoms with Gasteiger partial charge in [0.2, 0.25) is 0 Å². The van der Waals surface area contributed by atoms with Gasteiger partial charge < -0.3 is 20.3 Å². The second kappa shape index (κ2) is 6.51. The number of anilines is 2.